The molecule has 4 nitrogen and oxygen atoms in total. The highest BCUT2D eigenvalue weighted by atomic mass is 35.5. The molecule has 21 heavy (non-hydrogen) atoms. The van der Waals surface area contributed by atoms with Crippen LogP contribution >= 0.6 is 12.4 Å². The van der Waals surface area contributed by atoms with Crippen LogP contribution in [-0.4, -0.2) is 36.5 Å². The number of hydrogen-bond donors (Lipinski definition) is 2. The van der Waals surface area contributed by atoms with Gasteiger partial charge in [0.15, 0.2) is 11.6 Å². The van der Waals surface area contributed by atoms with Crippen LogP contribution in [0.15, 0.2) is 18.2 Å². The van der Waals surface area contributed by atoms with E-state index in [2.05, 4.69) is 5.32 Å². The molecule has 0 radical (unpaired) electrons. The number of nitrogens with two attached hydrogens (primary N) is 1. The normalized spacial score (nSPS) is 19.9. The van der Waals surface area contributed by atoms with E-state index < -0.39 is 11.6 Å². The molecule has 0 aromatic heterocycles. The summed E-state index contributed by atoms with van der Waals surface area (Å²) in [6.07, 6.45) is 0.982. The fourth-order valence-corrected chi connectivity index (χ4v) is 2.41. The van der Waals surface area contributed by atoms with Gasteiger partial charge < -0.3 is 11.1 Å². The Hall–Kier alpha value is -1.24. The monoisotopic (exact) mass is 319 g/mol. The molecule has 0 saturated carbocycles. The van der Waals surface area contributed by atoms with E-state index in [0.717, 1.165) is 31.6 Å². The fraction of sp³-hybridized carbons (Fsp3) is 0.500. The molecule has 1 aliphatic rings. The van der Waals surface area contributed by atoms with E-state index in [0.29, 0.717) is 5.92 Å². The molecule has 2 rings (SSSR count). The zero-order chi connectivity index (χ0) is 14.7. The lowest BCUT2D eigenvalue weighted by Crippen LogP contribution is -2.34. The van der Waals surface area contributed by atoms with E-state index >= 15 is 0 Å². The van der Waals surface area contributed by atoms with Crippen molar-refractivity contribution in [3.63, 3.8) is 0 Å². The second kappa shape index (κ2) is 7.68. The van der Waals surface area contributed by atoms with Gasteiger partial charge in [0, 0.05) is 24.3 Å². The third-order valence-electron chi connectivity index (χ3n) is 3.62. The van der Waals surface area contributed by atoms with Crippen molar-refractivity contribution < 1.29 is 13.6 Å². The van der Waals surface area contributed by atoms with Crippen LogP contribution in [0.2, 0.25) is 0 Å². The van der Waals surface area contributed by atoms with Gasteiger partial charge in [-0.2, -0.15) is 0 Å². The Morgan fingerprint density at radius 2 is 2.19 bits per heavy atom. The topological polar surface area (TPSA) is 58.4 Å². The number of halogens is 3. The van der Waals surface area contributed by atoms with Gasteiger partial charge >= 0.3 is 0 Å². The number of rotatable bonds is 4. The SMILES string of the molecule is CC(N)C1CCN(CC(=O)Nc2ccc(F)c(F)c2)C1.Cl. The Morgan fingerprint density at radius 3 is 2.76 bits per heavy atom. The summed E-state index contributed by atoms with van der Waals surface area (Å²) in [6, 6.07) is 3.43. The molecule has 0 spiro atoms. The van der Waals surface area contributed by atoms with Crippen LogP contribution < -0.4 is 11.1 Å². The molecule has 1 amide bonds. The highest BCUT2D eigenvalue weighted by molar-refractivity contribution is 5.92. The first kappa shape index (κ1) is 17.8. The van der Waals surface area contributed by atoms with Crippen molar-refractivity contribution in [1.29, 1.82) is 0 Å². The van der Waals surface area contributed by atoms with Gasteiger partial charge in [-0.1, -0.05) is 0 Å². The molecule has 1 heterocycles. The van der Waals surface area contributed by atoms with Crippen molar-refractivity contribution in [3.8, 4) is 0 Å². The molecule has 0 aliphatic carbocycles. The predicted octanol–water partition coefficient (Wildman–Crippen LogP) is 1.99. The first-order valence-electron chi connectivity index (χ1n) is 6.68. The number of nitrogens with zero attached hydrogens (tertiary/aromatic N) is 1. The molecule has 0 bridgehead atoms. The van der Waals surface area contributed by atoms with Crippen LogP contribution in [0.4, 0.5) is 14.5 Å². The summed E-state index contributed by atoms with van der Waals surface area (Å²) in [5, 5.41) is 2.56. The summed E-state index contributed by atoms with van der Waals surface area (Å²) in [5.41, 5.74) is 6.10. The predicted molar refractivity (Wildman–Crippen MR) is 80.4 cm³/mol. The maximum absolute atomic E-state index is 13.0. The van der Waals surface area contributed by atoms with Crippen molar-refractivity contribution in [2.45, 2.75) is 19.4 Å². The zero-order valence-corrected chi connectivity index (χ0v) is 12.6. The molecule has 1 aromatic carbocycles. The summed E-state index contributed by atoms with van der Waals surface area (Å²) < 4.78 is 25.8. The van der Waals surface area contributed by atoms with Crippen molar-refractivity contribution in [1.82, 2.24) is 4.90 Å². The van der Waals surface area contributed by atoms with Gasteiger partial charge in [-0.05, 0) is 37.9 Å². The number of hydrogen-bond acceptors (Lipinski definition) is 3. The highest BCUT2D eigenvalue weighted by Crippen LogP contribution is 2.18. The maximum Gasteiger partial charge on any atom is 0.238 e. The van der Waals surface area contributed by atoms with Crippen molar-refractivity contribution in [3.05, 3.63) is 29.8 Å². The van der Waals surface area contributed by atoms with E-state index in [1.54, 1.807) is 0 Å². The smallest absolute Gasteiger partial charge is 0.238 e. The number of benzene rings is 1. The van der Waals surface area contributed by atoms with Gasteiger partial charge in [-0.3, -0.25) is 9.69 Å². The number of carbonyl (C=O) groups is 1. The molecule has 3 N–H and O–H groups in total. The van der Waals surface area contributed by atoms with E-state index in [9.17, 15) is 13.6 Å². The Kier molecular flexibility index (Phi) is 6.51. The lowest BCUT2D eigenvalue weighted by Gasteiger charge is -2.17. The first-order chi connectivity index (χ1) is 9.45. The van der Waals surface area contributed by atoms with Crippen LogP contribution in [0.3, 0.4) is 0 Å². The largest absolute Gasteiger partial charge is 0.328 e. The van der Waals surface area contributed by atoms with Gasteiger partial charge in [0.25, 0.3) is 0 Å². The van der Waals surface area contributed by atoms with E-state index in [4.69, 9.17) is 5.73 Å². The van der Waals surface area contributed by atoms with Gasteiger partial charge in [0.1, 0.15) is 0 Å². The van der Waals surface area contributed by atoms with Crippen LogP contribution in [0, 0.1) is 17.6 Å². The van der Waals surface area contributed by atoms with Crippen molar-refractivity contribution >= 4 is 24.0 Å². The summed E-state index contributed by atoms with van der Waals surface area (Å²) in [5.74, 6) is -1.73. The number of anilines is 1. The quantitative estimate of drug-likeness (QED) is 0.892. The molecule has 2 unspecified atom stereocenters. The minimum atomic E-state index is -0.971. The average molecular weight is 320 g/mol. The van der Waals surface area contributed by atoms with Gasteiger partial charge in [-0.15, -0.1) is 12.4 Å². The fourth-order valence-electron chi connectivity index (χ4n) is 2.41. The second-order valence-corrected chi connectivity index (χ2v) is 5.32. The molecule has 1 aromatic rings. The minimum Gasteiger partial charge on any atom is -0.328 e. The lowest BCUT2D eigenvalue weighted by atomic mass is 10.0. The van der Waals surface area contributed by atoms with Crippen LogP contribution in [0.5, 0.6) is 0 Å². The number of carbonyl (C=O) groups excluding carboxylic acids is 1. The Bertz CT molecular complexity index is 499. The van der Waals surface area contributed by atoms with Crippen LogP contribution in [0.1, 0.15) is 13.3 Å². The summed E-state index contributed by atoms with van der Waals surface area (Å²) >= 11 is 0. The average Bonchev–Trinajstić information content (AvgIpc) is 2.82. The summed E-state index contributed by atoms with van der Waals surface area (Å²) in [4.78, 5) is 13.9. The first-order valence-corrected chi connectivity index (χ1v) is 6.68. The molecular formula is C14H20ClF2N3O. The summed E-state index contributed by atoms with van der Waals surface area (Å²) in [7, 11) is 0. The molecule has 7 heteroatoms. The van der Waals surface area contributed by atoms with Gasteiger partial charge in [-0.25, -0.2) is 8.78 Å². The Labute approximate surface area is 129 Å². The van der Waals surface area contributed by atoms with E-state index in [1.807, 2.05) is 11.8 Å². The molecule has 118 valence electrons. The molecular weight excluding hydrogens is 300 g/mol. The van der Waals surface area contributed by atoms with Crippen LogP contribution in [-0.2, 0) is 4.79 Å². The lowest BCUT2D eigenvalue weighted by molar-refractivity contribution is -0.117. The van der Waals surface area contributed by atoms with Crippen molar-refractivity contribution in [2.75, 3.05) is 25.0 Å². The third kappa shape index (κ3) is 4.91. The molecule has 2 atom stereocenters. The van der Waals surface area contributed by atoms with Gasteiger partial charge in [0.05, 0.1) is 6.54 Å². The highest BCUT2D eigenvalue weighted by Gasteiger charge is 2.26. The van der Waals surface area contributed by atoms with Crippen LogP contribution in [0.25, 0.3) is 0 Å². The zero-order valence-electron chi connectivity index (χ0n) is 11.8. The standard InChI is InChI=1S/C14H19F2N3O.ClH/c1-9(17)10-4-5-19(7-10)8-14(20)18-11-2-3-12(15)13(16)6-11;/h2-3,6,9-10H,4-5,7-8,17H2,1H3,(H,18,20);1H. The number of amides is 1. The third-order valence-corrected chi connectivity index (χ3v) is 3.62. The molecule has 1 saturated heterocycles. The number of nitrogens with one attached hydrogen (secondary N) is 1. The second-order valence-electron chi connectivity index (χ2n) is 5.32. The Balaban J connectivity index is 0.00000220. The van der Waals surface area contributed by atoms with E-state index in [-0.39, 0.29) is 36.6 Å². The van der Waals surface area contributed by atoms with E-state index in [1.165, 1.54) is 6.07 Å². The molecule has 1 aliphatic heterocycles. The molecule has 1 fully saturated rings. The maximum atomic E-state index is 13.0. The Morgan fingerprint density at radius 1 is 1.48 bits per heavy atom. The van der Waals surface area contributed by atoms with Gasteiger partial charge in [0.2, 0.25) is 5.91 Å². The summed E-state index contributed by atoms with van der Waals surface area (Å²) in [6.45, 7) is 3.83. The minimum absolute atomic E-state index is 0. The number of likely N-dealkylation sites (tertiary alicyclic amines) is 1. The van der Waals surface area contributed by atoms with Crippen molar-refractivity contribution in [2.24, 2.45) is 11.7 Å².